The maximum absolute atomic E-state index is 13.5. The van der Waals surface area contributed by atoms with E-state index in [0.717, 1.165) is 27.8 Å². The molecule has 2 aromatic rings. The van der Waals surface area contributed by atoms with Gasteiger partial charge in [0.05, 0.1) is 13.2 Å². The van der Waals surface area contributed by atoms with Gasteiger partial charge in [0.25, 0.3) is 0 Å². The van der Waals surface area contributed by atoms with Crippen molar-refractivity contribution in [2.75, 3.05) is 7.11 Å². The van der Waals surface area contributed by atoms with Crippen LogP contribution in [0.3, 0.4) is 0 Å². The van der Waals surface area contributed by atoms with Crippen LogP contribution in [0.5, 0.6) is 5.75 Å². The number of likely N-dealkylation sites (tertiary alicyclic amines) is 1. The molecule has 1 fully saturated rings. The highest BCUT2D eigenvalue weighted by molar-refractivity contribution is 9.10. The van der Waals surface area contributed by atoms with Gasteiger partial charge in [-0.1, -0.05) is 65.3 Å². The van der Waals surface area contributed by atoms with E-state index in [9.17, 15) is 4.79 Å². The molecule has 1 saturated heterocycles. The van der Waals surface area contributed by atoms with Gasteiger partial charge >= 0.3 is 0 Å². The van der Waals surface area contributed by atoms with Crippen LogP contribution in [0.1, 0.15) is 30.5 Å². The Morgan fingerprint density at radius 2 is 1.96 bits per heavy atom. The van der Waals surface area contributed by atoms with Crippen LogP contribution in [0.15, 0.2) is 65.2 Å². The van der Waals surface area contributed by atoms with Gasteiger partial charge in [-0.05, 0) is 36.1 Å². The highest BCUT2D eigenvalue weighted by atomic mass is 79.9. The summed E-state index contributed by atoms with van der Waals surface area (Å²) in [6.45, 7) is 2.81. The number of halogens is 1. The smallest absolute Gasteiger partial charge is 0.227 e. The van der Waals surface area contributed by atoms with E-state index in [1.54, 1.807) is 7.11 Å². The van der Waals surface area contributed by atoms with Gasteiger partial charge in [-0.25, -0.2) is 0 Å². The fourth-order valence-corrected chi connectivity index (χ4v) is 4.99. The fourth-order valence-electron chi connectivity index (χ4n) is 4.61. The Morgan fingerprint density at radius 3 is 2.70 bits per heavy atom. The molecule has 2 aromatic carbocycles. The van der Waals surface area contributed by atoms with Crippen LogP contribution in [0.4, 0.5) is 0 Å². The van der Waals surface area contributed by atoms with Gasteiger partial charge in [-0.3, -0.25) is 4.79 Å². The summed E-state index contributed by atoms with van der Waals surface area (Å²) in [5.41, 5.74) is 2.22. The summed E-state index contributed by atoms with van der Waals surface area (Å²) in [5.74, 6) is 1.66. The number of benzene rings is 2. The van der Waals surface area contributed by atoms with E-state index in [2.05, 4.69) is 58.1 Å². The van der Waals surface area contributed by atoms with E-state index in [-0.39, 0.29) is 23.8 Å². The van der Waals surface area contributed by atoms with Crippen LogP contribution in [-0.2, 0) is 11.3 Å². The minimum Gasteiger partial charge on any atom is -0.496 e. The van der Waals surface area contributed by atoms with Gasteiger partial charge in [-0.15, -0.1) is 0 Å². The van der Waals surface area contributed by atoms with Gasteiger partial charge in [0.15, 0.2) is 0 Å². The van der Waals surface area contributed by atoms with Crippen molar-refractivity contribution in [1.82, 2.24) is 4.90 Å². The van der Waals surface area contributed by atoms with Crippen molar-refractivity contribution >= 4 is 21.8 Å². The SMILES string of the molecule is COc1ccc(Br)cc1[C@H]1[C@@H]2C=CC[C@H](C)[C@H]2C(=O)N1Cc1ccccc1. The molecule has 4 atom stereocenters. The lowest BCUT2D eigenvalue weighted by molar-refractivity contribution is -0.134. The van der Waals surface area contributed by atoms with E-state index in [1.807, 2.05) is 30.3 Å². The van der Waals surface area contributed by atoms with Crippen LogP contribution >= 0.6 is 15.9 Å². The molecular weight excluding hydrogens is 402 g/mol. The van der Waals surface area contributed by atoms with E-state index in [1.165, 1.54) is 0 Å². The van der Waals surface area contributed by atoms with Crippen molar-refractivity contribution in [3.8, 4) is 5.75 Å². The molecule has 0 bridgehead atoms. The Labute approximate surface area is 169 Å². The van der Waals surface area contributed by atoms with E-state index in [4.69, 9.17) is 4.74 Å². The molecule has 4 heteroatoms. The minimum absolute atomic E-state index is 0.0193. The lowest BCUT2D eigenvalue weighted by Gasteiger charge is -2.30. The zero-order valence-corrected chi connectivity index (χ0v) is 17.2. The van der Waals surface area contributed by atoms with Gasteiger partial charge < -0.3 is 9.64 Å². The number of allylic oxidation sites excluding steroid dienone is 1. The molecule has 3 nitrogen and oxygen atoms in total. The van der Waals surface area contributed by atoms with Crippen LogP contribution in [0.2, 0.25) is 0 Å². The predicted octanol–water partition coefficient (Wildman–Crippen LogP) is 5.37. The summed E-state index contributed by atoms with van der Waals surface area (Å²) in [5, 5.41) is 0. The third-order valence-electron chi connectivity index (χ3n) is 5.87. The molecule has 2 aliphatic rings. The summed E-state index contributed by atoms with van der Waals surface area (Å²) >= 11 is 3.60. The lowest BCUT2D eigenvalue weighted by Crippen LogP contribution is -2.30. The van der Waals surface area contributed by atoms with Crippen molar-refractivity contribution in [1.29, 1.82) is 0 Å². The van der Waals surface area contributed by atoms with Gasteiger partial charge in [0.2, 0.25) is 5.91 Å². The molecule has 0 saturated carbocycles. The van der Waals surface area contributed by atoms with Gasteiger partial charge in [0.1, 0.15) is 5.75 Å². The summed E-state index contributed by atoms with van der Waals surface area (Å²) in [4.78, 5) is 15.5. The molecule has 0 aromatic heterocycles. The molecule has 1 aliphatic heterocycles. The van der Waals surface area contributed by atoms with Crippen molar-refractivity contribution in [2.24, 2.45) is 17.8 Å². The number of carbonyl (C=O) groups is 1. The van der Waals surface area contributed by atoms with Crippen LogP contribution < -0.4 is 4.74 Å². The van der Waals surface area contributed by atoms with Gasteiger partial charge in [0, 0.05) is 28.4 Å². The molecule has 27 heavy (non-hydrogen) atoms. The number of carbonyl (C=O) groups excluding carboxylic acids is 1. The Morgan fingerprint density at radius 1 is 1.19 bits per heavy atom. The minimum atomic E-state index is -0.0193. The molecule has 1 amide bonds. The molecular formula is C23H24BrNO2. The van der Waals surface area contributed by atoms with Crippen molar-refractivity contribution in [2.45, 2.75) is 25.9 Å². The molecule has 4 rings (SSSR count). The third-order valence-corrected chi connectivity index (χ3v) is 6.36. The number of methoxy groups -OCH3 is 1. The second kappa shape index (κ2) is 7.51. The first-order valence-corrected chi connectivity index (χ1v) is 10.2. The van der Waals surface area contributed by atoms with Crippen LogP contribution in [0.25, 0.3) is 0 Å². The Balaban J connectivity index is 1.81. The molecule has 0 N–H and O–H groups in total. The monoisotopic (exact) mass is 425 g/mol. The first-order chi connectivity index (χ1) is 13.1. The Kier molecular flexibility index (Phi) is 5.09. The fraction of sp³-hybridized carbons (Fsp3) is 0.348. The summed E-state index contributed by atoms with van der Waals surface area (Å²) in [6.07, 6.45) is 5.45. The highest BCUT2D eigenvalue weighted by Gasteiger charge is 2.50. The van der Waals surface area contributed by atoms with Crippen LogP contribution in [0, 0.1) is 17.8 Å². The average molecular weight is 426 g/mol. The van der Waals surface area contributed by atoms with Crippen molar-refractivity contribution < 1.29 is 9.53 Å². The zero-order valence-electron chi connectivity index (χ0n) is 15.6. The summed E-state index contributed by atoms with van der Waals surface area (Å²) in [7, 11) is 1.70. The topological polar surface area (TPSA) is 29.5 Å². The second-order valence-electron chi connectivity index (χ2n) is 7.53. The van der Waals surface area contributed by atoms with Gasteiger partial charge in [-0.2, -0.15) is 0 Å². The maximum Gasteiger partial charge on any atom is 0.227 e. The Bertz CT molecular complexity index is 864. The molecule has 1 heterocycles. The predicted molar refractivity (Wildman–Crippen MR) is 110 cm³/mol. The average Bonchev–Trinajstić information content (AvgIpc) is 2.95. The molecule has 1 aliphatic carbocycles. The first kappa shape index (κ1) is 18.3. The number of fused-ring (bicyclic) bond motifs is 1. The number of amides is 1. The quantitative estimate of drug-likeness (QED) is 0.616. The highest BCUT2D eigenvalue weighted by Crippen LogP contribution is 2.51. The van der Waals surface area contributed by atoms with Crippen molar-refractivity contribution in [3.05, 3.63) is 76.3 Å². The van der Waals surface area contributed by atoms with E-state index in [0.29, 0.717) is 12.5 Å². The molecule has 0 spiro atoms. The second-order valence-corrected chi connectivity index (χ2v) is 8.44. The zero-order chi connectivity index (χ0) is 19.0. The summed E-state index contributed by atoms with van der Waals surface area (Å²) in [6, 6.07) is 16.3. The number of hydrogen-bond acceptors (Lipinski definition) is 2. The number of ether oxygens (including phenoxy) is 1. The van der Waals surface area contributed by atoms with Crippen molar-refractivity contribution in [3.63, 3.8) is 0 Å². The molecule has 140 valence electrons. The molecule has 0 unspecified atom stereocenters. The third kappa shape index (κ3) is 3.31. The summed E-state index contributed by atoms with van der Waals surface area (Å²) < 4.78 is 6.67. The standard InChI is InChI=1S/C23H24BrNO2/c1-15-7-6-10-18-21(15)23(26)25(14-16-8-4-3-5-9-16)22(18)19-13-17(24)11-12-20(19)27-2/h3-6,8-13,15,18,21-22H,7,14H2,1-2H3/t15-,18+,21+,22+/m0/s1. The van der Waals surface area contributed by atoms with E-state index >= 15 is 0 Å². The first-order valence-electron chi connectivity index (χ1n) is 9.44. The number of nitrogens with zero attached hydrogens (tertiary/aromatic N) is 1. The molecule has 0 radical (unpaired) electrons. The van der Waals surface area contributed by atoms with E-state index < -0.39 is 0 Å². The normalized spacial score (nSPS) is 26.9. The van der Waals surface area contributed by atoms with Crippen LogP contribution in [-0.4, -0.2) is 17.9 Å². The largest absolute Gasteiger partial charge is 0.496 e. The number of hydrogen-bond donors (Lipinski definition) is 0. The maximum atomic E-state index is 13.5. The lowest BCUT2D eigenvalue weighted by atomic mass is 9.75. The Hall–Kier alpha value is -2.07. The number of rotatable bonds is 4.